The Morgan fingerprint density at radius 1 is 1.15 bits per heavy atom. The van der Waals surface area contributed by atoms with Gasteiger partial charge in [0.1, 0.15) is 11.4 Å². The normalized spacial score (nSPS) is 29.6. The van der Waals surface area contributed by atoms with E-state index in [0.29, 0.717) is 16.7 Å². The number of rotatable bonds is 8. The summed E-state index contributed by atoms with van der Waals surface area (Å²) in [4.78, 5) is 36.9. The predicted molar refractivity (Wildman–Crippen MR) is 149 cm³/mol. The van der Waals surface area contributed by atoms with Crippen molar-refractivity contribution >= 4 is 52.4 Å². The van der Waals surface area contributed by atoms with Gasteiger partial charge in [-0.3, -0.25) is 9.59 Å². The Kier molecular flexibility index (Phi) is 10.8. The first-order valence-corrected chi connectivity index (χ1v) is 16.0. The summed E-state index contributed by atoms with van der Waals surface area (Å²) in [5, 5.41) is 25.9. The minimum absolute atomic E-state index is 0.332. The highest BCUT2D eigenvalue weighted by molar-refractivity contribution is 8.00. The van der Waals surface area contributed by atoms with Crippen LogP contribution >= 0.6 is 35.1 Å². The summed E-state index contributed by atoms with van der Waals surface area (Å²) in [5.41, 5.74) is -1.64. The minimum Gasteiger partial charge on any atom is -0.480 e. The minimum atomic E-state index is -1.64. The van der Waals surface area contributed by atoms with Crippen LogP contribution in [0.5, 0.6) is 0 Å². The molecule has 2 amide bonds. The van der Waals surface area contributed by atoms with Crippen molar-refractivity contribution in [3.63, 3.8) is 0 Å². The van der Waals surface area contributed by atoms with Crippen LogP contribution in [0.1, 0.15) is 64.2 Å². The molecule has 3 heterocycles. The Morgan fingerprint density at radius 3 is 2.26 bits per heavy atom. The summed E-state index contributed by atoms with van der Waals surface area (Å²) in [5.74, 6) is -1.22. The third-order valence-electron chi connectivity index (χ3n) is 7.92. The number of carboxylic acid groups (broad SMARTS) is 1. The first-order chi connectivity index (χ1) is 18.8. The number of amides is 2. The molecular weight excluding hydrogens is 566 g/mol. The summed E-state index contributed by atoms with van der Waals surface area (Å²) in [6.45, 7) is 0. The van der Waals surface area contributed by atoms with Crippen molar-refractivity contribution in [2.24, 2.45) is 13.0 Å². The standard InChI is InChI=1S/C12H15ClN6O5S2.C12H23N/c1-18-11(15-16-17-18)26-4-5-3-25-9-12(24-2,14-10(13)23)8(22)19(9)6(5)7(20)21;1-3-7-11(8-4-1)13-12-9-5-2-6-10-12/h5-6,9H,3-4H2,1-2H3,(H,14,23)(H,20,21);11-13H,1-10H2. The monoisotopic (exact) mass is 603 g/mol. The third-order valence-corrected chi connectivity index (χ3v) is 10.7. The maximum absolute atomic E-state index is 12.6. The number of aromatic nitrogens is 4. The molecule has 0 spiro atoms. The number of nitrogens with zero attached hydrogens (tertiary/aromatic N) is 5. The number of nitrogens with one attached hydrogen (secondary N) is 2. The van der Waals surface area contributed by atoms with E-state index in [1.165, 1.54) is 104 Å². The largest absolute Gasteiger partial charge is 0.480 e. The van der Waals surface area contributed by atoms with Crippen LogP contribution in [-0.2, 0) is 21.4 Å². The number of aliphatic carboxylic acids is 1. The second-order valence-electron chi connectivity index (χ2n) is 10.5. The van der Waals surface area contributed by atoms with Gasteiger partial charge in [-0.2, -0.15) is 0 Å². The maximum atomic E-state index is 12.6. The van der Waals surface area contributed by atoms with Crippen molar-refractivity contribution in [2.45, 2.75) is 98.6 Å². The van der Waals surface area contributed by atoms with E-state index in [-0.39, 0.29) is 5.92 Å². The van der Waals surface area contributed by atoms with E-state index in [2.05, 4.69) is 26.2 Å². The van der Waals surface area contributed by atoms with Crippen LogP contribution in [0.3, 0.4) is 0 Å². The first kappa shape index (κ1) is 30.4. The van der Waals surface area contributed by atoms with Crippen molar-refractivity contribution in [3.8, 4) is 0 Å². The quantitative estimate of drug-likeness (QED) is 0.132. The zero-order valence-electron chi connectivity index (χ0n) is 22.4. The molecule has 2 aliphatic carbocycles. The number of ether oxygens (including phenoxy) is 1. The number of tetrazole rings is 1. The van der Waals surface area contributed by atoms with Crippen LogP contribution in [-0.4, -0.2) is 95.3 Å². The van der Waals surface area contributed by atoms with Gasteiger partial charge < -0.3 is 25.4 Å². The molecule has 4 atom stereocenters. The van der Waals surface area contributed by atoms with Crippen LogP contribution in [0.25, 0.3) is 0 Å². The molecule has 5 rings (SSSR count). The Hall–Kier alpha value is -1.61. The smallest absolute Gasteiger partial charge is 0.326 e. The molecule has 4 fully saturated rings. The lowest BCUT2D eigenvalue weighted by Gasteiger charge is -2.59. The SMILES string of the molecule is C1CCC(NC2CCCCC2)CC1.COC1(NC(=O)Cl)C(=O)N2C(C(=O)O)C(CSc3nnnn3C)CSC21. The molecule has 0 bridgehead atoms. The fourth-order valence-electron chi connectivity index (χ4n) is 5.89. The fourth-order valence-corrected chi connectivity index (χ4v) is 8.77. The second-order valence-corrected chi connectivity index (χ2v) is 13.0. The number of carboxylic acids is 1. The van der Waals surface area contributed by atoms with E-state index in [1.807, 2.05) is 0 Å². The topological polar surface area (TPSA) is 152 Å². The summed E-state index contributed by atoms with van der Waals surface area (Å²) >= 11 is 8.00. The molecule has 0 radical (unpaired) electrons. The van der Waals surface area contributed by atoms with E-state index in [0.717, 1.165) is 12.1 Å². The van der Waals surface area contributed by atoms with E-state index < -0.39 is 34.4 Å². The molecule has 2 aliphatic heterocycles. The molecule has 12 nitrogen and oxygen atoms in total. The van der Waals surface area contributed by atoms with Gasteiger partial charge in [-0.1, -0.05) is 50.3 Å². The summed E-state index contributed by atoms with van der Waals surface area (Å²) in [7, 11) is 2.95. The van der Waals surface area contributed by atoms with Crippen LogP contribution in [0.2, 0.25) is 0 Å². The summed E-state index contributed by atoms with van der Waals surface area (Å²) in [6.07, 6.45) is 14.6. The molecule has 15 heteroatoms. The van der Waals surface area contributed by atoms with Gasteiger partial charge in [0.05, 0.1) is 0 Å². The Labute approximate surface area is 242 Å². The molecular formula is C24H38ClN7O5S2. The first-order valence-electron chi connectivity index (χ1n) is 13.6. The summed E-state index contributed by atoms with van der Waals surface area (Å²) in [6, 6.07) is 0.701. The Bertz CT molecular complexity index is 991. The number of aryl methyl sites for hydroxylation is 1. The molecule has 2 saturated heterocycles. The number of hydrogen-bond donors (Lipinski definition) is 3. The number of thioether (sulfide) groups is 2. The van der Waals surface area contributed by atoms with Gasteiger partial charge in [0, 0.05) is 43.7 Å². The average Bonchev–Trinajstić information content (AvgIpc) is 3.35. The molecule has 3 N–H and O–H groups in total. The highest BCUT2D eigenvalue weighted by Gasteiger charge is 2.68. The highest BCUT2D eigenvalue weighted by Crippen LogP contribution is 2.47. The van der Waals surface area contributed by atoms with Crippen LogP contribution < -0.4 is 10.6 Å². The molecule has 218 valence electrons. The molecule has 4 unspecified atom stereocenters. The number of fused-ring (bicyclic) bond motifs is 1. The van der Waals surface area contributed by atoms with Gasteiger partial charge in [0.2, 0.25) is 5.16 Å². The van der Waals surface area contributed by atoms with Crippen molar-refractivity contribution in [3.05, 3.63) is 0 Å². The number of hydrogen-bond acceptors (Lipinski definition) is 10. The zero-order valence-corrected chi connectivity index (χ0v) is 24.8. The Balaban J connectivity index is 0.000000226. The number of methoxy groups -OCH3 is 1. The molecule has 39 heavy (non-hydrogen) atoms. The number of carbonyl (C=O) groups excluding carboxylic acids is 2. The molecule has 0 aromatic carbocycles. The second kappa shape index (κ2) is 13.8. The highest BCUT2D eigenvalue weighted by atomic mass is 35.5. The molecule has 1 aromatic heterocycles. The van der Waals surface area contributed by atoms with Gasteiger partial charge in [0.25, 0.3) is 11.6 Å². The number of β-lactam (4-membered cyclic amide) rings is 1. The van der Waals surface area contributed by atoms with Gasteiger partial charge in [0.15, 0.2) is 0 Å². The van der Waals surface area contributed by atoms with Crippen molar-refractivity contribution in [1.82, 2.24) is 35.7 Å². The van der Waals surface area contributed by atoms with E-state index in [1.54, 1.807) is 7.05 Å². The van der Waals surface area contributed by atoms with Crippen LogP contribution in [0.15, 0.2) is 5.16 Å². The van der Waals surface area contributed by atoms with Gasteiger partial charge in [-0.15, -0.1) is 16.9 Å². The maximum Gasteiger partial charge on any atom is 0.326 e. The molecule has 1 aromatic rings. The Morgan fingerprint density at radius 2 is 1.77 bits per heavy atom. The molecule has 4 aliphatic rings. The molecule has 2 saturated carbocycles. The number of halogens is 1. The third kappa shape index (κ3) is 7.00. The predicted octanol–water partition coefficient (Wildman–Crippen LogP) is 2.82. The average molecular weight is 604 g/mol. The van der Waals surface area contributed by atoms with Gasteiger partial charge >= 0.3 is 11.3 Å². The van der Waals surface area contributed by atoms with Crippen LogP contribution in [0, 0.1) is 5.92 Å². The fraction of sp³-hybridized carbons (Fsp3) is 0.833. The van der Waals surface area contributed by atoms with Crippen molar-refractivity contribution < 1.29 is 24.2 Å². The lowest BCUT2D eigenvalue weighted by Crippen LogP contribution is -2.84. The van der Waals surface area contributed by atoms with Crippen molar-refractivity contribution in [1.29, 1.82) is 0 Å². The summed E-state index contributed by atoms with van der Waals surface area (Å²) < 4.78 is 6.69. The van der Waals surface area contributed by atoms with E-state index in [9.17, 15) is 19.5 Å². The van der Waals surface area contributed by atoms with E-state index in [4.69, 9.17) is 16.3 Å². The van der Waals surface area contributed by atoms with Crippen molar-refractivity contribution in [2.75, 3.05) is 18.6 Å². The lowest BCUT2D eigenvalue weighted by molar-refractivity contribution is -0.202. The van der Waals surface area contributed by atoms with Gasteiger partial charge in [-0.05, 0) is 47.7 Å². The number of carbonyl (C=O) groups is 3. The van der Waals surface area contributed by atoms with Gasteiger partial charge in [-0.25, -0.2) is 9.48 Å². The van der Waals surface area contributed by atoms with Crippen LogP contribution in [0.4, 0.5) is 4.79 Å². The lowest BCUT2D eigenvalue weighted by atomic mass is 9.91. The van der Waals surface area contributed by atoms with E-state index >= 15 is 0 Å². The zero-order chi connectivity index (χ0) is 28.0.